The molecule has 0 bridgehead atoms. The Morgan fingerprint density at radius 3 is 2.76 bits per heavy atom. The fourth-order valence-corrected chi connectivity index (χ4v) is 2.38. The molecular weight excluding hydrogens is 254 g/mol. The van der Waals surface area contributed by atoms with Crippen molar-refractivity contribution in [2.75, 3.05) is 0 Å². The molecule has 3 nitrogen and oxygen atoms in total. The van der Waals surface area contributed by atoms with E-state index in [9.17, 15) is 0 Å². The first kappa shape index (κ1) is 12.3. The average molecular weight is 266 g/mol. The molecule has 0 fully saturated rings. The summed E-state index contributed by atoms with van der Waals surface area (Å²) < 4.78 is 0. The number of rotatable bonds is 3. The summed E-state index contributed by atoms with van der Waals surface area (Å²) in [6.07, 6.45) is 2.54. The van der Waals surface area contributed by atoms with E-state index in [1.54, 1.807) is 6.20 Å². The first-order valence-electron chi connectivity index (χ1n) is 5.32. The molecule has 0 aliphatic heterocycles. The van der Waals surface area contributed by atoms with Crippen LogP contribution in [0.4, 0.5) is 0 Å². The van der Waals surface area contributed by atoms with Gasteiger partial charge in [-0.1, -0.05) is 24.6 Å². The molecular formula is C12H12ClN3S. The van der Waals surface area contributed by atoms with Gasteiger partial charge in [0.15, 0.2) is 0 Å². The lowest BCUT2D eigenvalue weighted by Crippen LogP contribution is -1.98. The van der Waals surface area contributed by atoms with Gasteiger partial charge in [-0.25, -0.2) is 15.0 Å². The van der Waals surface area contributed by atoms with Gasteiger partial charge in [-0.2, -0.15) is 0 Å². The van der Waals surface area contributed by atoms with Crippen LogP contribution < -0.4 is 0 Å². The number of nitrogens with zero attached hydrogens (tertiary/aromatic N) is 3. The fourth-order valence-electron chi connectivity index (χ4n) is 1.28. The number of aromatic nitrogens is 3. The molecule has 17 heavy (non-hydrogen) atoms. The lowest BCUT2D eigenvalue weighted by molar-refractivity contribution is 0.870. The fraction of sp³-hybridized carbons (Fsp3) is 0.250. The van der Waals surface area contributed by atoms with Crippen molar-refractivity contribution in [2.24, 2.45) is 0 Å². The van der Waals surface area contributed by atoms with Crippen molar-refractivity contribution in [2.45, 2.75) is 30.3 Å². The molecule has 0 saturated carbocycles. The molecule has 88 valence electrons. The van der Waals surface area contributed by atoms with E-state index in [-0.39, 0.29) is 0 Å². The summed E-state index contributed by atoms with van der Waals surface area (Å²) in [4.78, 5) is 12.9. The van der Waals surface area contributed by atoms with Gasteiger partial charge in [-0.05, 0) is 30.8 Å². The molecule has 0 N–H and O–H groups in total. The number of halogens is 1. The maximum absolute atomic E-state index is 6.08. The van der Waals surface area contributed by atoms with Gasteiger partial charge in [0, 0.05) is 18.2 Å². The number of hydrogen-bond donors (Lipinski definition) is 0. The summed E-state index contributed by atoms with van der Waals surface area (Å²) >= 11 is 7.59. The first-order chi connectivity index (χ1) is 8.20. The molecule has 0 aromatic carbocycles. The van der Waals surface area contributed by atoms with Gasteiger partial charge in [0.05, 0.1) is 0 Å². The van der Waals surface area contributed by atoms with Crippen LogP contribution in [0.25, 0.3) is 0 Å². The van der Waals surface area contributed by atoms with Gasteiger partial charge >= 0.3 is 0 Å². The van der Waals surface area contributed by atoms with Crippen molar-refractivity contribution in [1.82, 2.24) is 15.0 Å². The Morgan fingerprint density at radius 1 is 1.29 bits per heavy atom. The molecule has 0 atom stereocenters. The topological polar surface area (TPSA) is 38.7 Å². The van der Waals surface area contributed by atoms with Crippen LogP contribution >= 0.6 is 23.4 Å². The molecule has 5 heteroatoms. The molecule has 0 amide bonds. The van der Waals surface area contributed by atoms with Gasteiger partial charge in [-0.15, -0.1) is 0 Å². The van der Waals surface area contributed by atoms with E-state index in [1.807, 2.05) is 32.0 Å². The average Bonchev–Trinajstić information content (AvgIpc) is 2.36. The summed E-state index contributed by atoms with van der Waals surface area (Å²) in [6.45, 7) is 3.93. The second kappa shape index (κ2) is 5.47. The van der Waals surface area contributed by atoms with Crippen LogP contribution in [0, 0.1) is 6.92 Å². The second-order valence-corrected chi connectivity index (χ2v) is 4.85. The van der Waals surface area contributed by atoms with Crippen LogP contribution in [-0.4, -0.2) is 15.0 Å². The highest BCUT2D eigenvalue weighted by atomic mass is 35.5. The van der Waals surface area contributed by atoms with Gasteiger partial charge in [-0.3, -0.25) is 0 Å². The lowest BCUT2D eigenvalue weighted by atomic mass is 10.3. The summed E-state index contributed by atoms with van der Waals surface area (Å²) in [5, 5.41) is 2.31. The summed E-state index contributed by atoms with van der Waals surface area (Å²) in [6, 6.07) is 5.79. The lowest BCUT2D eigenvalue weighted by Gasteiger charge is -2.07. The van der Waals surface area contributed by atoms with Crippen molar-refractivity contribution >= 4 is 23.4 Å². The quantitative estimate of drug-likeness (QED) is 0.796. The Bertz CT molecular complexity index is 517. The zero-order chi connectivity index (χ0) is 12.3. The Labute approximate surface area is 110 Å². The van der Waals surface area contributed by atoms with Crippen LogP contribution in [0.1, 0.15) is 18.3 Å². The Balaban J connectivity index is 2.35. The van der Waals surface area contributed by atoms with Gasteiger partial charge < -0.3 is 0 Å². The predicted molar refractivity (Wildman–Crippen MR) is 69.5 cm³/mol. The van der Waals surface area contributed by atoms with Crippen LogP contribution in [0.5, 0.6) is 0 Å². The number of hydrogen-bond acceptors (Lipinski definition) is 4. The van der Waals surface area contributed by atoms with Crippen molar-refractivity contribution in [1.29, 1.82) is 0 Å². The molecule has 0 radical (unpaired) electrons. The maximum atomic E-state index is 6.08. The third-order valence-corrected chi connectivity index (χ3v) is 3.65. The second-order valence-electron chi connectivity index (χ2n) is 3.48. The standard InChI is InChI=1S/C12H12ClN3S/c1-3-9-15-11(13)8(2)12(16-9)17-10-6-4-5-7-14-10/h4-7H,3H2,1-2H3. The highest BCUT2D eigenvalue weighted by Crippen LogP contribution is 2.29. The van der Waals surface area contributed by atoms with Crippen molar-refractivity contribution in [3.05, 3.63) is 40.9 Å². The van der Waals surface area contributed by atoms with E-state index < -0.39 is 0 Å². The van der Waals surface area contributed by atoms with E-state index in [0.717, 1.165) is 27.9 Å². The summed E-state index contributed by atoms with van der Waals surface area (Å²) in [7, 11) is 0. The minimum atomic E-state index is 0.523. The predicted octanol–water partition coefficient (Wildman–Crippen LogP) is 3.55. The molecule has 2 aromatic rings. The molecule has 0 spiro atoms. The zero-order valence-corrected chi connectivity index (χ0v) is 11.2. The van der Waals surface area contributed by atoms with Crippen molar-refractivity contribution in [3.63, 3.8) is 0 Å². The molecule has 0 aliphatic rings. The van der Waals surface area contributed by atoms with E-state index in [4.69, 9.17) is 11.6 Å². The summed E-state index contributed by atoms with van der Waals surface area (Å²) in [5.74, 6) is 0.763. The van der Waals surface area contributed by atoms with Crippen LogP contribution in [0.15, 0.2) is 34.4 Å². The molecule has 2 heterocycles. The maximum Gasteiger partial charge on any atom is 0.136 e. The Kier molecular flexibility index (Phi) is 3.97. The molecule has 0 unspecified atom stereocenters. The SMILES string of the molecule is CCc1nc(Cl)c(C)c(Sc2ccccn2)n1. The zero-order valence-electron chi connectivity index (χ0n) is 9.64. The Hall–Kier alpha value is -1.13. The van der Waals surface area contributed by atoms with E-state index >= 15 is 0 Å². The highest BCUT2D eigenvalue weighted by Gasteiger charge is 2.10. The highest BCUT2D eigenvalue weighted by molar-refractivity contribution is 7.99. The third kappa shape index (κ3) is 2.96. The molecule has 0 saturated heterocycles. The van der Waals surface area contributed by atoms with E-state index in [2.05, 4.69) is 15.0 Å². The van der Waals surface area contributed by atoms with Crippen molar-refractivity contribution < 1.29 is 0 Å². The Morgan fingerprint density at radius 2 is 2.12 bits per heavy atom. The minimum Gasteiger partial charge on any atom is -0.250 e. The first-order valence-corrected chi connectivity index (χ1v) is 6.52. The number of pyridine rings is 1. The third-order valence-electron chi connectivity index (χ3n) is 2.24. The van der Waals surface area contributed by atoms with E-state index in [0.29, 0.717) is 5.15 Å². The number of aryl methyl sites for hydroxylation is 1. The van der Waals surface area contributed by atoms with Gasteiger partial charge in [0.1, 0.15) is 21.0 Å². The monoisotopic (exact) mass is 265 g/mol. The normalized spacial score (nSPS) is 10.5. The van der Waals surface area contributed by atoms with Crippen LogP contribution in [0.3, 0.4) is 0 Å². The van der Waals surface area contributed by atoms with Crippen molar-refractivity contribution in [3.8, 4) is 0 Å². The van der Waals surface area contributed by atoms with Gasteiger partial charge in [0.25, 0.3) is 0 Å². The smallest absolute Gasteiger partial charge is 0.136 e. The van der Waals surface area contributed by atoms with Crippen LogP contribution in [-0.2, 0) is 6.42 Å². The van der Waals surface area contributed by atoms with Crippen LogP contribution in [0.2, 0.25) is 5.15 Å². The van der Waals surface area contributed by atoms with E-state index in [1.165, 1.54) is 11.8 Å². The largest absolute Gasteiger partial charge is 0.250 e. The molecule has 0 aliphatic carbocycles. The van der Waals surface area contributed by atoms with Gasteiger partial charge in [0.2, 0.25) is 0 Å². The molecule has 2 rings (SSSR count). The molecule has 2 aromatic heterocycles. The minimum absolute atomic E-state index is 0.523. The summed E-state index contributed by atoms with van der Waals surface area (Å²) in [5.41, 5.74) is 0.902.